The molecule has 0 aliphatic rings. The minimum Gasteiger partial charge on any atom is -0.494 e. The van der Waals surface area contributed by atoms with Gasteiger partial charge in [-0.3, -0.25) is 9.69 Å². The molecule has 0 saturated carbocycles. The van der Waals surface area contributed by atoms with Crippen LogP contribution in [-0.2, 0) is 11.2 Å². The van der Waals surface area contributed by atoms with Gasteiger partial charge in [-0.25, -0.2) is 4.98 Å². The molecule has 0 spiro atoms. The summed E-state index contributed by atoms with van der Waals surface area (Å²) in [4.78, 5) is 19.7. The highest BCUT2D eigenvalue weighted by atomic mass is 32.1. The van der Waals surface area contributed by atoms with Gasteiger partial charge in [0.2, 0.25) is 5.91 Å². The second-order valence-electron chi connectivity index (χ2n) is 6.28. The number of hydrogen-bond acceptors (Lipinski definition) is 4. The van der Waals surface area contributed by atoms with Crippen LogP contribution < -0.4 is 9.64 Å². The number of hydrogen-bond donors (Lipinski definition) is 0. The average molecular weight is 388 g/mol. The molecule has 28 heavy (non-hydrogen) atoms. The summed E-state index contributed by atoms with van der Waals surface area (Å²) in [5.74, 6) is 0.764. The van der Waals surface area contributed by atoms with E-state index in [4.69, 9.17) is 9.72 Å². The summed E-state index contributed by atoms with van der Waals surface area (Å²) in [7, 11) is 0. The van der Waals surface area contributed by atoms with Crippen LogP contribution in [0.3, 0.4) is 0 Å². The highest BCUT2D eigenvalue weighted by Gasteiger charge is 2.22. The third-order valence-electron chi connectivity index (χ3n) is 4.33. The maximum atomic E-state index is 13.3. The molecule has 0 atom stereocenters. The topological polar surface area (TPSA) is 42.4 Å². The van der Waals surface area contributed by atoms with E-state index in [-0.39, 0.29) is 5.91 Å². The van der Waals surface area contributed by atoms with Crippen LogP contribution >= 0.6 is 11.3 Å². The van der Waals surface area contributed by atoms with Crippen molar-refractivity contribution in [1.29, 1.82) is 0 Å². The molecule has 4 nitrogen and oxygen atoms in total. The molecule has 0 aliphatic heterocycles. The Morgan fingerprint density at radius 2 is 1.68 bits per heavy atom. The fourth-order valence-electron chi connectivity index (χ4n) is 3.02. The first-order valence-corrected chi connectivity index (χ1v) is 10.0. The lowest BCUT2D eigenvalue weighted by Gasteiger charge is -2.20. The number of carbonyl (C=O) groups is 1. The molecular weight excluding hydrogens is 368 g/mol. The predicted octanol–water partition coefficient (Wildman–Crippen LogP) is 5.60. The van der Waals surface area contributed by atoms with Gasteiger partial charge in [-0.15, -0.1) is 0 Å². The van der Waals surface area contributed by atoms with Crippen LogP contribution in [0.15, 0.2) is 78.9 Å². The Balaban J connectivity index is 1.72. The van der Waals surface area contributed by atoms with Crippen molar-refractivity contribution >= 4 is 38.3 Å². The van der Waals surface area contributed by atoms with E-state index < -0.39 is 0 Å². The number of nitrogens with zero attached hydrogens (tertiary/aromatic N) is 2. The zero-order valence-electron chi connectivity index (χ0n) is 15.5. The lowest BCUT2D eigenvalue weighted by Crippen LogP contribution is -2.27. The van der Waals surface area contributed by atoms with Gasteiger partial charge in [-0.2, -0.15) is 0 Å². The van der Waals surface area contributed by atoms with Crippen molar-refractivity contribution < 1.29 is 9.53 Å². The highest BCUT2D eigenvalue weighted by molar-refractivity contribution is 7.22. The van der Waals surface area contributed by atoms with Crippen molar-refractivity contribution in [3.8, 4) is 5.75 Å². The standard InChI is InChI=1S/C23H20N2O2S/c1-2-27-19-14-12-18(13-15-19)25(22(26)16-17-8-4-3-5-9-17)23-24-20-10-6-7-11-21(20)28-23/h3-15H,2,16H2,1H3. The zero-order valence-corrected chi connectivity index (χ0v) is 16.4. The molecule has 140 valence electrons. The van der Waals surface area contributed by atoms with E-state index >= 15 is 0 Å². The van der Waals surface area contributed by atoms with Crippen LogP contribution in [-0.4, -0.2) is 17.5 Å². The quantitative estimate of drug-likeness (QED) is 0.432. The van der Waals surface area contributed by atoms with Crippen molar-refractivity contribution in [2.75, 3.05) is 11.5 Å². The number of para-hydroxylation sites is 1. The SMILES string of the molecule is CCOc1ccc(N(C(=O)Cc2ccccc2)c2nc3ccccc3s2)cc1. The first-order valence-electron chi connectivity index (χ1n) is 9.20. The van der Waals surface area contributed by atoms with E-state index in [9.17, 15) is 4.79 Å². The lowest BCUT2D eigenvalue weighted by atomic mass is 10.1. The van der Waals surface area contributed by atoms with E-state index in [0.29, 0.717) is 18.2 Å². The monoisotopic (exact) mass is 388 g/mol. The largest absolute Gasteiger partial charge is 0.494 e. The van der Waals surface area contributed by atoms with Crippen molar-refractivity contribution in [3.05, 3.63) is 84.4 Å². The molecule has 4 aromatic rings. The maximum absolute atomic E-state index is 13.3. The minimum atomic E-state index is -0.0191. The van der Waals surface area contributed by atoms with Gasteiger partial charge < -0.3 is 4.74 Å². The Bertz CT molecular complexity index is 1040. The molecule has 0 unspecified atom stereocenters. The highest BCUT2D eigenvalue weighted by Crippen LogP contribution is 2.34. The molecule has 0 bridgehead atoms. The maximum Gasteiger partial charge on any atom is 0.237 e. The molecule has 1 aromatic heterocycles. The van der Waals surface area contributed by atoms with Gasteiger partial charge in [0.1, 0.15) is 5.75 Å². The molecule has 1 amide bonds. The number of amides is 1. The third kappa shape index (κ3) is 3.89. The number of benzene rings is 3. The van der Waals surface area contributed by atoms with Crippen molar-refractivity contribution in [3.63, 3.8) is 0 Å². The first kappa shape index (κ1) is 18.2. The number of anilines is 2. The van der Waals surface area contributed by atoms with Gasteiger partial charge in [0.15, 0.2) is 5.13 Å². The Kier molecular flexibility index (Phi) is 5.35. The summed E-state index contributed by atoms with van der Waals surface area (Å²) in [6.07, 6.45) is 0.310. The number of rotatable bonds is 6. The van der Waals surface area contributed by atoms with Crippen LogP contribution in [0, 0.1) is 0 Å². The van der Waals surface area contributed by atoms with Crippen LogP contribution in [0.1, 0.15) is 12.5 Å². The van der Waals surface area contributed by atoms with Crippen LogP contribution in [0.5, 0.6) is 5.75 Å². The predicted molar refractivity (Wildman–Crippen MR) is 115 cm³/mol. The number of aromatic nitrogens is 1. The van der Waals surface area contributed by atoms with Gasteiger partial charge in [-0.05, 0) is 48.9 Å². The van der Waals surface area contributed by atoms with E-state index in [1.807, 2.05) is 85.8 Å². The van der Waals surface area contributed by atoms with Crippen LogP contribution in [0.4, 0.5) is 10.8 Å². The van der Waals surface area contributed by atoms with Gasteiger partial charge >= 0.3 is 0 Å². The third-order valence-corrected chi connectivity index (χ3v) is 5.35. The summed E-state index contributed by atoms with van der Waals surface area (Å²) < 4.78 is 6.59. The van der Waals surface area contributed by atoms with Gasteiger partial charge in [0.05, 0.1) is 28.9 Å². The second-order valence-corrected chi connectivity index (χ2v) is 7.29. The van der Waals surface area contributed by atoms with Crippen molar-refractivity contribution in [2.45, 2.75) is 13.3 Å². The smallest absolute Gasteiger partial charge is 0.237 e. The van der Waals surface area contributed by atoms with Crippen LogP contribution in [0.2, 0.25) is 0 Å². The van der Waals surface area contributed by atoms with Crippen molar-refractivity contribution in [2.24, 2.45) is 0 Å². The van der Waals surface area contributed by atoms with E-state index in [1.165, 1.54) is 11.3 Å². The molecule has 5 heteroatoms. The molecule has 1 heterocycles. The van der Waals surface area contributed by atoms with E-state index in [2.05, 4.69) is 0 Å². The molecule has 0 aliphatic carbocycles. The minimum absolute atomic E-state index is 0.0191. The summed E-state index contributed by atoms with van der Waals surface area (Å²) in [6.45, 7) is 2.55. The molecule has 0 fully saturated rings. The second kappa shape index (κ2) is 8.23. The van der Waals surface area contributed by atoms with Crippen molar-refractivity contribution in [1.82, 2.24) is 4.98 Å². The molecule has 0 radical (unpaired) electrons. The Labute approximate surface area is 168 Å². The van der Waals surface area contributed by atoms with Gasteiger partial charge in [0.25, 0.3) is 0 Å². The normalized spacial score (nSPS) is 10.8. The zero-order chi connectivity index (χ0) is 19.3. The fourth-order valence-corrected chi connectivity index (χ4v) is 4.03. The van der Waals surface area contributed by atoms with E-state index in [0.717, 1.165) is 27.2 Å². The molecule has 0 N–H and O–H groups in total. The van der Waals surface area contributed by atoms with E-state index in [1.54, 1.807) is 4.90 Å². The number of carbonyl (C=O) groups excluding carboxylic acids is 1. The Hall–Kier alpha value is -3.18. The first-order chi connectivity index (χ1) is 13.7. The fraction of sp³-hybridized carbons (Fsp3) is 0.130. The summed E-state index contributed by atoms with van der Waals surface area (Å²) >= 11 is 1.52. The number of ether oxygens (including phenoxy) is 1. The Morgan fingerprint density at radius 1 is 0.964 bits per heavy atom. The summed E-state index contributed by atoms with van der Waals surface area (Å²) in [6, 6.07) is 25.3. The van der Waals surface area contributed by atoms with Gasteiger partial charge in [0, 0.05) is 0 Å². The molecule has 3 aromatic carbocycles. The van der Waals surface area contributed by atoms with Gasteiger partial charge in [-0.1, -0.05) is 53.8 Å². The summed E-state index contributed by atoms with van der Waals surface area (Å²) in [5.41, 5.74) is 2.65. The molecular formula is C23H20N2O2S. The number of fused-ring (bicyclic) bond motifs is 1. The average Bonchev–Trinajstić information content (AvgIpc) is 3.14. The number of thiazole rings is 1. The summed E-state index contributed by atoms with van der Waals surface area (Å²) in [5, 5.41) is 0.672. The lowest BCUT2D eigenvalue weighted by molar-refractivity contribution is -0.117. The Morgan fingerprint density at radius 3 is 2.39 bits per heavy atom. The molecule has 0 saturated heterocycles. The van der Waals surface area contributed by atoms with Crippen LogP contribution in [0.25, 0.3) is 10.2 Å². The molecule has 4 rings (SSSR count).